The molecule has 0 N–H and O–H groups in total. The number of fused-ring (bicyclic) bond motifs is 1. The smallest absolute Gasteiger partial charge is 0.310 e. The Morgan fingerprint density at radius 2 is 2.08 bits per heavy atom. The van der Waals surface area contributed by atoms with Crippen molar-refractivity contribution in [3.63, 3.8) is 0 Å². The van der Waals surface area contributed by atoms with Crippen LogP contribution in [0.15, 0.2) is 41.8 Å². The first-order valence-electron chi connectivity index (χ1n) is 7.12. The van der Waals surface area contributed by atoms with Crippen molar-refractivity contribution in [1.82, 2.24) is 14.4 Å². The molecule has 0 radical (unpaired) electrons. The van der Waals surface area contributed by atoms with Crippen LogP contribution in [0.1, 0.15) is 17.0 Å². The van der Waals surface area contributed by atoms with E-state index in [1.165, 1.54) is 7.11 Å². The maximum absolute atomic E-state index is 11.6. The summed E-state index contributed by atoms with van der Waals surface area (Å²) in [5.41, 5.74) is 2.83. The van der Waals surface area contributed by atoms with Crippen LogP contribution in [0, 0.1) is 8.61 Å². The number of benzene rings is 1. The second-order valence-corrected chi connectivity index (χ2v) is 6.13. The van der Waals surface area contributed by atoms with Gasteiger partial charge in [-0.05, 0) is 45.5 Å². The molecule has 2 heterocycles. The predicted octanol–water partition coefficient (Wildman–Crippen LogP) is 3.04. The minimum absolute atomic E-state index is 0.127. The highest BCUT2D eigenvalue weighted by molar-refractivity contribution is 14.1. The number of imidazole rings is 1. The topological polar surface area (TPSA) is 85.9 Å². The first-order chi connectivity index (χ1) is 11.6. The molecule has 0 aliphatic carbocycles. The maximum atomic E-state index is 11.6. The first kappa shape index (κ1) is 16.5. The van der Waals surface area contributed by atoms with E-state index in [1.807, 2.05) is 22.7 Å². The van der Waals surface area contributed by atoms with Crippen molar-refractivity contribution in [2.75, 3.05) is 7.11 Å². The van der Waals surface area contributed by atoms with E-state index in [9.17, 15) is 9.70 Å². The molecule has 1 aromatic carbocycles. The molecule has 0 atom stereocenters. The molecule has 0 bridgehead atoms. The SMILES string of the molecule is COC(=O)Cc1c(I)nc(Cc2ccc(N=O)cc2)n2ccnc12. The third-order valence-corrected chi connectivity index (χ3v) is 4.51. The summed E-state index contributed by atoms with van der Waals surface area (Å²) >= 11 is 2.11. The van der Waals surface area contributed by atoms with Crippen LogP contribution in [0.4, 0.5) is 5.69 Å². The number of hydrogen-bond acceptors (Lipinski definition) is 6. The van der Waals surface area contributed by atoms with Crippen molar-refractivity contribution in [3.05, 3.63) is 62.2 Å². The van der Waals surface area contributed by atoms with Crippen molar-refractivity contribution in [1.29, 1.82) is 0 Å². The lowest BCUT2D eigenvalue weighted by Gasteiger charge is -2.10. The number of rotatable bonds is 5. The molecule has 8 heteroatoms. The van der Waals surface area contributed by atoms with Gasteiger partial charge in [0.2, 0.25) is 0 Å². The van der Waals surface area contributed by atoms with Gasteiger partial charge in [0.25, 0.3) is 0 Å². The van der Waals surface area contributed by atoms with E-state index in [2.05, 4.69) is 37.7 Å². The van der Waals surface area contributed by atoms with Crippen LogP contribution in [0.2, 0.25) is 0 Å². The van der Waals surface area contributed by atoms with E-state index in [0.29, 0.717) is 17.8 Å². The van der Waals surface area contributed by atoms with Gasteiger partial charge in [-0.15, -0.1) is 4.91 Å². The maximum Gasteiger partial charge on any atom is 0.310 e. The average Bonchev–Trinajstić information content (AvgIpc) is 3.08. The summed E-state index contributed by atoms with van der Waals surface area (Å²) in [5, 5.41) is 2.90. The number of carbonyl (C=O) groups is 1. The standard InChI is InChI=1S/C16H13IN4O3/c1-24-14(22)9-12-15(17)19-13(21-7-6-18-16(12)21)8-10-2-4-11(20-23)5-3-10/h2-7H,8-9H2,1H3. The number of aromatic nitrogens is 3. The fourth-order valence-electron chi connectivity index (χ4n) is 2.41. The second-order valence-electron chi connectivity index (χ2n) is 5.11. The monoisotopic (exact) mass is 436 g/mol. The zero-order chi connectivity index (χ0) is 17.1. The van der Waals surface area contributed by atoms with Crippen LogP contribution >= 0.6 is 22.6 Å². The van der Waals surface area contributed by atoms with Crippen molar-refractivity contribution in [2.24, 2.45) is 5.18 Å². The lowest BCUT2D eigenvalue weighted by Crippen LogP contribution is -2.12. The molecule has 0 aliphatic rings. The number of carbonyl (C=O) groups excluding carboxylic acids is 1. The molecule has 7 nitrogen and oxygen atoms in total. The highest BCUT2D eigenvalue weighted by Crippen LogP contribution is 2.21. The van der Waals surface area contributed by atoms with E-state index in [1.54, 1.807) is 18.3 Å². The lowest BCUT2D eigenvalue weighted by molar-refractivity contribution is -0.139. The second kappa shape index (κ2) is 7.04. The Bertz CT molecular complexity index is 906. The minimum atomic E-state index is -0.329. The number of esters is 1. The molecule has 0 unspecified atom stereocenters. The predicted molar refractivity (Wildman–Crippen MR) is 96.1 cm³/mol. The zero-order valence-corrected chi connectivity index (χ0v) is 14.9. The van der Waals surface area contributed by atoms with Crippen LogP contribution in [-0.4, -0.2) is 27.4 Å². The summed E-state index contributed by atoms with van der Waals surface area (Å²) in [6.45, 7) is 0. The molecule has 0 amide bonds. The summed E-state index contributed by atoms with van der Waals surface area (Å²) in [4.78, 5) is 31.1. The number of halogens is 1. The van der Waals surface area contributed by atoms with Gasteiger partial charge < -0.3 is 4.74 Å². The third-order valence-electron chi connectivity index (χ3n) is 3.62. The van der Waals surface area contributed by atoms with E-state index >= 15 is 0 Å². The van der Waals surface area contributed by atoms with Crippen molar-refractivity contribution >= 4 is 39.9 Å². The Kier molecular flexibility index (Phi) is 4.84. The van der Waals surface area contributed by atoms with E-state index in [0.717, 1.165) is 20.7 Å². The summed E-state index contributed by atoms with van der Waals surface area (Å²) in [6.07, 6.45) is 4.19. The van der Waals surface area contributed by atoms with Gasteiger partial charge in [-0.2, -0.15) is 0 Å². The van der Waals surface area contributed by atoms with Crippen LogP contribution < -0.4 is 0 Å². The van der Waals surface area contributed by atoms with Crippen molar-refractivity contribution in [2.45, 2.75) is 12.8 Å². The number of ether oxygens (including phenoxy) is 1. The third kappa shape index (κ3) is 3.28. The Morgan fingerprint density at radius 3 is 2.75 bits per heavy atom. The van der Waals surface area contributed by atoms with E-state index in [4.69, 9.17) is 4.74 Å². The first-order valence-corrected chi connectivity index (χ1v) is 8.19. The number of nitroso groups, excluding NO2 is 1. The van der Waals surface area contributed by atoms with Gasteiger partial charge in [-0.3, -0.25) is 9.20 Å². The molecule has 0 fully saturated rings. The number of methoxy groups -OCH3 is 1. The van der Waals surface area contributed by atoms with Crippen molar-refractivity contribution < 1.29 is 9.53 Å². The van der Waals surface area contributed by atoms with Crippen molar-refractivity contribution in [3.8, 4) is 0 Å². The van der Waals surface area contributed by atoms with Crippen LogP contribution in [-0.2, 0) is 22.4 Å². The van der Waals surface area contributed by atoms with Gasteiger partial charge in [-0.1, -0.05) is 12.1 Å². The van der Waals surface area contributed by atoms with Gasteiger partial charge in [0.15, 0.2) is 0 Å². The highest BCUT2D eigenvalue weighted by atomic mass is 127. The Morgan fingerprint density at radius 1 is 1.33 bits per heavy atom. The Hall–Kier alpha value is -2.36. The zero-order valence-electron chi connectivity index (χ0n) is 12.8. The average molecular weight is 436 g/mol. The van der Waals surface area contributed by atoms with Gasteiger partial charge in [0, 0.05) is 24.4 Å². The largest absolute Gasteiger partial charge is 0.469 e. The molecule has 122 valence electrons. The number of nitrogens with zero attached hydrogens (tertiary/aromatic N) is 4. The summed E-state index contributed by atoms with van der Waals surface area (Å²) < 4.78 is 7.33. The molecule has 24 heavy (non-hydrogen) atoms. The Balaban J connectivity index is 1.99. The van der Waals surface area contributed by atoms with E-state index in [-0.39, 0.29) is 12.4 Å². The highest BCUT2D eigenvalue weighted by Gasteiger charge is 2.17. The van der Waals surface area contributed by atoms with E-state index < -0.39 is 0 Å². The van der Waals surface area contributed by atoms with Gasteiger partial charge >= 0.3 is 5.97 Å². The molecule has 2 aromatic heterocycles. The summed E-state index contributed by atoms with van der Waals surface area (Å²) in [6, 6.07) is 7.03. The molecule has 0 spiro atoms. The molecule has 0 aliphatic heterocycles. The number of hydrogen-bond donors (Lipinski definition) is 0. The fourth-order valence-corrected chi connectivity index (χ4v) is 3.12. The quantitative estimate of drug-likeness (QED) is 0.266. The Labute approximate surface area is 151 Å². The normalized spacial score (nSPS) is 10.8. The van der Waals surface area contributed by atoms with Gasteiger partial charge in [0.1, 0.15) is 20.9 Å². The van der Waals surface area contributed by atoms with Crippen LogP contribution in [0.3, 0.4) is 0 Å². The minimum Gasteiger partial charge on any atom is -0.469 e. The summed E-state index contributed by atoms with van der Waals surface area (Å²) in [7, 11) is 1.36. The van der Waals surface area contributed by atoms with Gasteiger partial charge in [-0.25, -0.2) is 9.97 Å². The molecule has 3 aromatic rings. The van der Waals surface area contributed by atoms with Crippen LogP contribution in [0.25, 0.3) is 5.65 Å². The van der Waals surface area contributed by atoms with Gasteiger partial charge in [0.05, 0.1) is 13.5 Å². The molecule has 0 saturated heterocycles. The molecule has 3 rings (SSSR count). The fraction of sp³-hybridized carbons (Fsp3) is 0.188. The van der Waals surface area contributed by atoms with Crippen LogP contribution in [0.5, 0.6) is 0 Å². The lowest BCUT2D eigenvalue weighted by atomic mass is 10.1. The molecular formula is C16H13IN4O3. The summed E-state index contributed by atoms with van der Waals surface area (Å²) in [5.74, 6) is 0.469. The molecular weight excluding hydrogens is 423 g/mol. The molecule has 0 saturated carbocycles.